The molecular formula is C30H33N5O3. The van der Waals surface area contributed by atoms with Gasteiger partial charge < -0.3 is 20.3 Å². The van der Waals surface area contributed by atoms with Crippen molar-refractivity contribution in [2.75, 3.05) is 26.2 Å². The Bertz CT molecular complexity index is 1470. The first-order valence-electron chi connectivity index (χ1n) is 13.4. The van der Waals surface area contributed by atoms with E-state index in [0.29, 0.717) is 37.0 Å². The Labute approximate surface area is 221 Å². The molecule has 2 aromatic carbocycles. The quantitative estimate of drug-likeness (QED) is 0.382. The van der Waals surface area contributed by atoms with Gasteiger partial charge in [0.05, 0.1) is 18.5 Å². The highest BCUT2D eigenvalue weighted by atomic mass is 16.3. The molecule has 0 radical (unpaired) electrons. The molecule has 2 atom stereocenters. The number of rotatable bonds is 5. The second kappa shape index (κ2) is 10.2. The highest BCUT2D eigenvalue weighted by Gasteiger charge is 2.39. The predicted octanol–water partition coefficient (Wildman–Crippen LogP) is 3.14. The number of aromatic amines is 1. The lowest BCUT2D eigenvalue weighted by molar-refractivity contribution is -0.141. The Hall–Kier alpha value is -3.75. The summed E-state index contributed by atoms with van der Waals surface area (Å²) >= 11 is 0. The van der Waals surface area contributed by atoms with Crippen molar-refractivity contribution in [2.24, 2.45) is 5.92 Å². The summed E-state index contributed by atoms with van der Waals surface area (Å²) in [7, 11) is 0. The molecule has 0 unspecified atom stereocenters. The van der Waals surface area contributed by atoms with Crippen LogP contribution in [0.2, 0.25) is 0 Å². The van der Waals surface area contributed by atoms with E-state index < -0.39 is 5.60 Å². The highest BCUT2D eigenvalue weighted by molar-refractivity contribution is 5.91. The third-order valence-corrected chi connectivity index (χ3v) is 8.24. The molecule has 2 aliphatic heterocycles. The number of hydrogen-bond donors (Lipinski definition) is 3. The van der Waals surface area contributed by atoms with Crippen LogP contribution in [0.1, 0.15) is 30.7 Å². The van der Waals surface area contributed by atoms with Crippen LogP contribution in [-0.2, 0) is 11.3 Å². The third kappa shape index (κ3) is 4.66. The zero-order chi connectivity index (χ0) is 26.1. The lowest BCUT2D eigenvalue weighted by atomic mass is 9.80. The summed E-state index contributed by atoms with van der Waals surface area (Å²) in [6, 6.07) is 20.1. The first-order valence-corrected chi connectivity index (χ1v) is 13.4. The number of aliphatic hydroxyl groups is 1. The molecule has 3 N–H and O–H groups in total. The Morgan fingerprint density at radius 3 is 2.50 bits per heavy atom. The SMILES string of the molecule is O=C([C@@H]1CCNC[C@H]1c1ccccc1)N1CCC(O)(Cn2cnc3c(-c4ccccc4)c[nH]c3c2=O)CC1. The number of aromatic nitrogens is 3. The van der Waals surface area contributed by atoms with Gasteiger partial charge in [0.2, 0.25) is 5.91 Å². The second-order valence-electron chi connectivity index (χ2n) is 10.6. The van der Waals surface area contributed by atoms with E-state index in [0.717, 1.165) is 30.6 Å². The summed E-state index contributed by atoms with van der Waals surface area (Å²) in [5.41, 5.74) is 2.83. The molecule has 2 aliphatic rings. The van der Waals surface area contributed by atoms with Gasteiger partial charge in [-0.1, -0.05) is 60.7 Å². The highest BCUT2D eigenvalue weighted by Crippen LogP contribution is 2.33. The average molecular weight is 512 g/mol. The van der Waals surface area contributed by atoms with Crippen LogP contribution in [0.3, 0.4) is 0 Å². The fourth-order valence-corrected chi connectivity index (χ4v) is 6.04. The monoisotopic (exact) mass is 511 g/mol. The summed E-state index contributed by atoms with van der Waals surface area (Å²) in [4.78, 5) is 36.4. The summed E-state index contributed by atoms with van der Waals surface area (Å²) < 4.78 is 1.49. The molecule has 4 heterocycles. The van der Waals surface area contributed by atoms with Crippen LogP contribution < -0.4 is 10.9 Å². The molecule has 4 aromatic rings. The van der Waals surface area contributed by atoms with Gasteiger partial charge in [0, 0.05) is 43.2 Å². The van der Waals surface area contributed by atoms with E-state index in [4.69, 9.17) is 0 Å². The molecule has 0 saturated carbocycles. The number of amides is 1. The van der Waals surface area contributed by atoms with Gasteiger partial charge in [0.15, 0.2) is 0 Å². The van der Waals surface area contributed by atoms with Crippen molar-refractivity contribution in [1.82, 2.24) is 24.8 Å². The van der Waals surface area contributed by atoms with E-state index in [1.807, 2.05) is 53.4 Å². The van der Waals surface area contributed by atoms with Crippen molar-refractivity contribution in [3.05, 3.63) is 89.1 Å². The molecule has 0 bridgehead atoms. The zero-order valence-corrected chi connectivity index (χ0v) is 21.3. The maximum atomic E-state index is 13.6. The lowest BCUT2D eigenvalue weighted by Gasteiger charge is -2.41. The van der Waals surface area contributed by atoms with E-state index in [9.17, 15) is 14.7 Å². The number of nitrogens with zero attached hydrogens (tertiary/aromatic N) is 3. The number of likely N-dealkylation sites (tertiary alicyclic amines) is 1. The average Bonchev–Trinajstić information content (AvgIpc) is 3.40. The summed E-state index contributed by atoms with van der Waals surface area (Å²) in [6.45, 7) is 2.73. The number of hydrogen-bond acceptors (Lipinski definition) is 5. The van der Waals surface area contributed by atoms with Crippen molar-refractivity contribution >= 4 is 16.9 Å². The van der Waals surface area contributed by atoms with Crippen molar-refractivity contribution < 1.29 is 9.90 Å². The topological polar surface area (TPSA) is 103 Å². The third-order valence-electron chi connectivity index (χ3n) is 8.24. The van der Waals surface area contributed by atoms with Crippen LogP contribution in [0.4, 0.5) is 0 Å². The molecular weight excluding hydrogens is 478 g/mol. The van der Waals surface area contributed by atoms with E-state index in [2.05, 4.69) is 27.4 Å². The van der Waals surface area contributed by atoms with Crippen LogP contribution >= 0.6 is 0 Å². The molecule has 38 heavy (non-hydrogen) atoms. The Kier molecular flexibility index (Phi) is 6.59. The molecule has 0 spiro atoms. The van der Waals surface area contributed by atoms with Crippen LogP contribution in [-0.4, -0.2) is 62.2 Å². The van der Waals surface area contributed by atoms with E-state index >= 15 is 0 Å². The molecule has 2 fully saturated rings. The first kappa shape index (κ1) is 24.6. The van der Waals surface area contributed by atoms with Gasteiger partial charge in [0.1, 0.15) is 11.0 Å². The number of fused-ring (bicyclic) bond motifs is 1. The number of H-pyrrole nitrogens is 1. The predicted molar refractivity (Wildman–Crippen MR) is 147 cm³/mol. The summed E-state index contributed by atoms with van der Waals surface area (Å²) in [5.74, 6) is 0.254. The summed E-state index contributed by atoms with van der Waals surface area (Å²) in [5, 5.41) is 14.8. The Morgan fingerprint density at radius 2 is 1.76 bits per heavy atom. The van der Waals surface area contributed by atoms with Gasteiger partial charge >= 0.3 is 0 Å². The molecule has 1 amide bonds. The second-order valence-corrected chi connectivity index (χ2v) is 10.6. The van der Waals surface area contributed by atoms with Gasteiger partial charge in [-0.15, -0.1) is 0 Å². The van der Waals surface area contributed by atoms with Crippen LogP contribution in [0.15, 0.2) is 78.0 Å². The van der Waals surface area contributed by atoms with Crippen molar-refractivity contribution in [3.8, 4) is 11.1 Å². The minimum atomic E-state index is -1.07. The van der Waals surface area contributed by atoms with E-state index in [1.165, 1.54) is 16.5 Å². The molecule has 8 heteroatoms. The molecule has 8 nitrogen and oxygen atoms in total. The maximum absolute atomic E-state index is 13.6. The van der Waals surface area contributed by atoms with Gasteiger partial charge in [0.25, 0.3) is 5.56 Å². The number of benzene rings is 2. The number of piperidine rings is 2. The number of carbonyl (C=O) groups excluding carboxylic acids is 1. The fraction of sp³-hybridized carbons (Fsp3) is 0.367. The van der Waals surface area contributed by atoms with E-state index in [-0.39, 0.29) is 29.8 Å². The van der Waals surface area contributed by atoms with Crippen LogP contribution in [0.5, 0.6) is 0 Å². The molecule has 196 valence electrons. The number of carbonyl (C=O) groups is 1. The first-order chi connectivity index (χ1) is 18.5. The zero-order valence-electron chi connectivity index (χ0n) is 21.3. The summed E-state index contributed by atoms with van der Waals surface area (Å²) in [6.07, 6.45) is 4.98. The molecule has 0 aliphatic carbocycles. The maximum Gasteiger partial charge on any atom is 0.277 e. The lowest BCUT2D eigenvalue weighted by Crippen LogP contribution is -2.52. The van der Waals surface area contributed by atoms with Gasteiger partial charge in [-0.05, 0) is 36.9 Å². The van der Waals surface area contributed by atoms with Gasteiger partial charge in [-0.2, -0.15) is 0 Å². The minimum absolute atomic E-state index is 0.0641. The Morgan fingerprint density at radius 1 is 1.05 bits per heavy atom. The largest absolute Gasteiger partial charge is 0.388 e. The van der Waals surface area contributed by atoms with Crippen LogP contribution in [0, 0.1) is 5.92 Å². The molecule has 2 aromatic heterocycles. The molecule has 2 saturated heterocycles. The van der Waals surface area contributed by atoms with Gasteiger partial charge in [-0.25, -0.2) is 4.98 Å². The van der Waals surface area contributed by atoms with Crippen LogP contribution in [0.25, 0.3) is 22.2 Å². The molecule has 6 rings (SSSR count). The normalized spacial score (nSPS) is 21.4. The van der Waals surface area contributed by atoms with Crippen molar-refractivity contribution in [1.29, 1.82) is 0 Å². The smallest absolute Gasteiger partial charge is 0.277 e. The fourth-order valence-electron chi connectivity index (χ4n) is 6.04. The minimum Gasteiger partial charge on any atom is -0.388 e. The van der Waals surface area contributed by atoms with Crippen molar-refractivity contribution in [2.45, 2.75) is 37.3 Å². The standard InChI is InChI=1S/C30H33N5O3/c36-28(23-11-14-31-17-24(23)21-7-3-1-4-8-21)34-15-12-30(38,13-16-34)19-35-20-33-26-25(18-32-27(26)29(35)37)22-9-5-2-6-10-22/h1-10,18,20,23-24,31-32,38H,11-17,19H2/t23-,24+/m1/s1. The Balaban J connectivity index is 1.15. The van der Waals surface area contributed by atoms with Crippen molar-refractivity contribution in [3.63, 3.8) is 0 Å². The van der Waals surface area contributed by atoms with Gasteiger partial charge in [-0.3, -0.25) is 14.2 Å². The number of nitrogens with one attached hydrogen (secondary N) is 2. The van der Waals surface area contributed by atoms with E-state index in [1.54, 1.807) is 6.20 Å².